The van der Waals surface area contributed by atoms with E-state index in [-0.39, 0.29) is 5.91 Å². The molecule has 8 heteroatoms. The second-order valence-electron chi connectivity index (χ2n) is 7.16. The van der Waals surface area contributed by atoms with Crippen LogP contribution in [0, 0.1) is 0 Å². The van der Waals surface area contributed by atoms with Gasteiger partial charge in [-0.05, 0) is 37.2 Å². The Labute approximate surface area is 175 Å². The van der Waals surface area contributed by atoms with Crippen molar-refractivity contribution < 1.29 is 4.79 Å². The maximum absolute atomic E-state index is 11.2. The first-order chi connectivity index (χ1) is 14.0. The van der Waals surface area contributed by atoms with Crippen LogP contribution in [0.3, 0.4) is 0 Å². The summed E-state index contributed by atoms with van der Waals surface area (Å²) in [7, 11) is 6.08. The van der Waals surface area contributed by atoms with Gasteiger partial charge in [-0.1, -0.05) is 35.4 Å². The van der Waals surface area contributed by atoms with Crippen molar-refractivity contribution in [2.75, 3.05) is 11.9 Å². The predicted octanol–water partition coefficient (Wildman–Crippen LogP) is 2.98. The fraction of sp³-hybridized carbons (Fsp3) is 0.286. The van der Waals surface area contributed by atoms with Crippen molar-refractivity contribution in [1.82, 2.24) is 19.9 Å². The van der Waals surface area contributed by atoms with Gasteiger partial charge in [0.05, 0.1) is 5.69 Å². The molecule has 0 fully saturated rings. The summed E-state index contributed by atoms with van der Waals surface area (Å²) in [5.41, 5.74) is 5.00. The number of hydrogen-bond acceptors (Lipinski definition) is 4. The van der Waals surface area contributed by atoms with E-state index >= 15 is 0 Å². The number of allylic oxidation sites excluding steroid dienone is 7. The number of rotatable bonds is 5. The van der Waals surface area contributed by atoms with Crippen LogP contribution in [0.5, 0.6) is 0 Å². The van der Waals surface area contributed by atoms with Crippen LogP contribution in [0.1, 0.15) is 38.3 Å². The maximum atomic E-state index is 11.2. The lowest BCUT2D eigenvalue weighted by Gasteiger charge is -2.17. The summed E-state index contributed by atoms with van der Waals surface area (Å²) in [5.74, 6) is 0.758. The molecule has 2 heterocycles. The van der Waals surface area contributed by atoms with Crippen molar-refractivity contribution in [2.45, 2.75) is 32.6 Å². The number of nitrogens with zero attached hydrogens (tertiary/aromatic N) is 3. The summed E-state index contributed by atoms with van der Waals surface area (Å²) in [5, 5.41) is 11.4. The third-order valence-electron chi connectivity index (χ3n) is 4.94. The molecule has 2 aliphatic carbocycles. The van der Waals surface area contributed by atoms with Gasteiger partial charge in [0, 0.05) is 42.0 Å². The van der Waals surface area contributed by atoms with E-state index in [0.29, 0.717) is 22.7 Å². The van der Waals surface area contributed by atoms with Gasteiger partial charge in [-0.15, -0.1) is 0 Å². The largest absolute Gasteiger partial charge is 0.366 e. The van der Waals surface area contributed by atoms with E-state index in [1.165, 1.54) is 12.5 Å². The van der Waals surface area contributed by atoms with Crippen LogP contribution in [0.2, 0.25) is 0 Å². The van der Waals surface area contributed by atoms with E-state index in [4.69, 9.17) is 19.4 Å². The van der Waals surface area contributed by atoms with Crippen molar-refractivity contribution >= 4 is 47.9 Å². The Morgan fingerprint density at radius 3 is 2.83 bits per heavy atom. The molecule has 2 aromatic rings. The van der Waals surface area contributed by atoms with Gasteiger partial charge in [-0.2, -0.15) is 9.61 Å². The van der Waals surface area contributed by atoms with E-state index in [2.05, 4.69) is 26.8 Å². The zero-order valence-electron chi connectivity index (χ0n) is 16.2. The summed E-state index contributed by atoms with van der Waals surface area (Å²) >= 11 is 6.42. The van der Waals surface area contributed by atoms with E-state index in [9.17, 15) is 4.79 Å². The topological polar surface area (TPSA) is 71.3 Å². The normalized spacial score (nSPS) is 16.6. The van der Waals surface area contributed by atoms with Crippen molar-refractivity contribution in [3.05, 3.63) is 58.6 Å². The maximum Gasteiger partial charge on any atom is 0.220 e. The summed E-state index contributed by atoms with van der Waals surface area (Å²) < 4.78 is 1.71. The lowest BCUT2D eigenvalue weighted by atomic mass is 10.00. The molecular formula is C21H21BClN5O. The molecule has 2 aromatic heterocycles. The average Bonchev–Trinajstić information content (AvgIpc) is 3.08. The molecular weight excluding hydrogens is 385 g/mol. The zero-order valence-corrected chi connectivity index (χ0v) is 17.0. The van der Waals surface area contributed by atoms with Gasteiger partial charge in [0.25, 0.3) is 0 Å². The molecule has 4 rings (SSSR count). The molecule has 2 N–H and O–H groups in total. The number of carbonyl (C=O) groups is 1. The van der Waals surface area contributed by atoms with Gasteiger partial charge in [-0.25, -0.2) is 4.98 Å². The first kappa shape index (κ1) is 19.5. The Morgan fingerprint density at radius 2 is 2.10 bits per heavy atom. The van der Waals surface area contributed by atoms with E-state index < -0.39 is 0 Å². The van der Waals surface area contributed by atoms with Gasteiger partial charge in [0.2, 0.25) is 5.91 Å². The van der Waals surface area contributed by atoms with E-state index in [1.54, 1.807) is 10.7 Å². The van der Waals surface area contributed by atoms with Crippen LogP contribution in [0.25, 0.3) is 11.2 Å². The number of hydrogen-bond donors (Lipinski definition) is 2. The van der Waals surface area contributed by atoms with Crippen molar-refractivity contribution in [2.24, 2.45) is 0 Å². The SMILES string of the molecule is [B]c1cnn2c(NCC3=CC=C(NC(C)=O)CC3)cc(C3=CCCC=C3Cl)nc12. The quantitative estimate of drug-likeness (QED) is 0.750. The Balaban J connectivity index is 1.60. The second-order valence-corrected chi connectivity index (χ2v) is 7.57. The minimum absolute atomic E-state index is 0.0427. The average molecular weight is 406 g/mol. The molecule has 0 aliphatic heterocycles. The molecule has 146 valence electrons. The zero-order chi connectivity index (χ0) is 20.4. The van der Waals surface area contributed by atoms with E-state index in [1.807, 2.05) is 24.3 Å². The lowest BCUT2D eigenvalue weighted by Crippen LogP contribution is -2.21. The van der Waals surface area contributed by atoms with Crippen molar-refractivity contribution in [3.8, 4) is 0 Å². The van der Waals surface area contributed by atoms with E-state index in [0.717, 1.165) is 48.5 Å². The molecule has 0 aromatic carbocycles. The summed E-state index contributed by atoms with van der Waals surface area (Å²) in [4.78, 5) is 15.9. The monoisotopic (exact) mass is 405 g/mol. The minimum atomic E-state index is -0.0427. The van der Waals surface area contributed by atoms with Crippen molar-refractivity contribution in [1.29, 1.82) is 0 Å². The second kappa shape index (κ2) is 8.29. The van der Waals surface area contributed by atoms with Gasteiger partial charge in [0.1, 0.15) is 13.7 Å². The first-order valence-electron chi connectivity index (χ1n) is 9.62. The Bertz CT molecular complexity index is 1100. The fourth-order valence-corrected chi connectivity index (χ4v) is 3.76. The number of amides is 1. The molecule has 0 bridgehead atoms. The van der Waals surface area contributed by atoms with Gasteiger partial charge < -0.3 is 10.6 Å². The van der Waals surface area contributed by atoms with Crippen molar-refractivity contribution in [3.63, 3.8) is 0 Å². The van der Waals surface area contributed by atoms with Gasteiger partial charge in [0.15, 0.2) is 5.65 Å². The highest BCUT2D eigenvalue weighted by Gasteiger charge is 2.16. The van der Waals surface area contributed by atoms with Crippen LogP contribution >= 0.6 is 11.6 Å². The molecule has 0 saturated heterocycles. The van der Waals surface area contributed by atoms with Crippen LogP contribution in [-0.2, 0) is 4.79 Å². The van der Waals surface area contributed by atoms with Crippen LogP contribution in [0.4, 0.5) is 5.82 Å². The number of fused-ring (bicyclic) bond motifs is 1. The molecule has 0 unspecified atom stereocenters. The smallest absolute Gasteiger partial charge is 0.220 e. The first-order valence-corrected chi connectivity index (χ1v) is 10.00. The number of nitrogens with one attached hydrogen (secondary N) is 2. The summed E-state index contributed by atoms with van der Waals surface area (Å²) in [6, 6.07) is 1.95. The molecule has 2 aliphatic rings. The summed E-state index contributed by atoms with van der Waals surface area (Å²) in [6.45, 7) is 2.18. The molecule has 0 atom stereocenters. The predicted molar refractivity (Wildman–Crippen MR) is 117 cm³/mol. The molecule has 0 spiro atoms. The number of aromatic nitrogens is 3. The van der Waals surface area contributed by atoms with Gasteiger partial charge >= 0.3 is 0 Å². The van der Waals surface area contributed by atoms with Crippen LogP contribution < -0.4 is 16.1 Å². The summed E-state index contributed by atoms with van der Waals surface area (Å²) in [6.07, 6.45) is 13.3. The Hall–Kier alpha value is -2.80. The Morgan fingerprint density at radius 1 is 1.28 bits per heavy atom. The Kier molecular flexibility index (Phi) is 5.58. The fourth-order valence-electron chi connectivity index (χ4n) is 3.48. The highest BCUT2D eigenvalue weighted by Crippen LogP contribution is 2.31. The van der Waals surface area contributed by atoms with Crippen LogP contribution in [-0.4, -0.2) is 34.9 Å². The van der Waals surface area contributed by atoms with Crippen LogP contribution in [0.15, 0.2) is 52.9 Å². The number of carbonyl (C=O) groups excluding carboxylic acids is 1. The highest BCUT2D eigenvalue weighted by atomic mass is 35.5. The van der Waals surface area contributed by atoms with Gasteiger partial charge in [-0.3, -0.25) is 4.79 Å². The third kappa shape index (κ3) is 4.30. The number of anilines is 1. The third-order valence-corrected chi connectivity index (χ3v) is 5.30. The molecule has 29 heavy (non-hydrogen) atoms. The number of halogens is 1. The standard InChI is InChI=1S/C21H21BClN5O/c1-13(29)26-15-8-6-14(7-9-15)11-24-20-10-19(16-4-2-3-5-18(16)23)27-21-17(22)12-25-28(20)21/h4-6,8,10,12,24H,2-3,7,9,11H2,1H3,(H,26,29). The highest BCUT2D eigenvalue weighted by molar-refractivity contribution is 6.37. The lowest BCUT2D eigenvalue weighted by molar-refractivity contribution is -0.118. The molecule has 2 radical (unpaired) electrons. The molecule has 0 saturated carbocycles. The molecule has 1 amide bonds. The molecule has 6 nitrogen and oxygen atoms in total. The minimum Gasteiger partial charge on any atom is -0.366 e.